The molecule has 21 heavy (non-hydrogen) atoms. The van der Waals surface area contributed by atoms with Crippen molar-refractivity contribution in [2.45, 2.75) is 19.4 Å². The molecule has 0 unspecified atom stereocenters. The fourth-order valence-corrected chi connectivity index (χ4v) is 3.42. The Bertz CT molecular complexity index is 686. The van der Waals surface area contributed by atoms with Gasteiger partial charge in [0, 0.05) is 40.3 Å². The lowest BCUT2D eigenvalue weighted by molar-refractivity contribution is 0.0984. The van der Waals surface area contributed by atoms with Crippen LogP contribution in [-0.2, 0) is 6.54 Å². The highest BCUT2D eigenvalue weighted by atomic mass is 79.9. The van der Waals surface area contributed by atoms with E-state index in [4.69, 9.17) is 11.6 Å². The maximum Gasteiger partial charge on any atom is 0.165 e. The Labute approximate surface area is 137 Å². The highest BCUT2D eigenvalue weighted by Crippen LogP contribution is 2.29. The Morgan fingerprint density at radius 3 is 2.81 bits per heavy atom. The molecule has 0 spiro atoms. The maximum absolute atomic E-state index is 12.2. The fourth-order valence-electron chi connectivity index (χ4n) is 2.69. The molecule has 0 amide bonds. The van der Waals surface area contributed by atoms with Crippen LogP contribution in [0.1, 0.15) is 28.8 Å². The van der Waals surface area contributed by atoms with Gasteiger partial charge in [0.05, 0.1) is 0 Å². The van der Waals surface area contributed by atoms with Gasteiger partial charge in [0.15, 0.2) is 5.78 Å². The third-order valence-corrected chi connectivity index (χ3v) is 4.60. The summed E-state index contributed by atoms with van der Waals surface area (Å²) in [6.45, 7) is 1.59. The number of carbonyl (C=O) groups excluding carboxylic acids is 1. The van der Waals surface area contributed by atoms with E-state index in [-0.39, 0.29) is 5.78 Å². The number of halogens is 2. The minimum Gasteiger partial charge on any atom is -0.367 e. The maximum atomic E-state index is 12.2. The number of hydrogen-bond donors (Lipinski definition) is 0. The number of fused-ring (bicyclic) bond motifs is 1. The molecule has 0 fully saturated rings. The zero-order valence-electron chi connectivity index (χ0n) is 11.5. The number of carbonyl (C=O) groups is 1. The van der Waals surface area contributed by atoms with E-state index in [1.165, 1.54) is 0 Å². The van der Waals surface area contributed by atoms with Gasteiger partial charge in [-0.2, -0.15) is 0 Å². The van der Waals surface area contributed by atoms with Crippen LogP contribution in [-0.4, -0.2) is 12.3 Å². The van der Waals surface area contributed by atoms with Gasteiger partial charge in [0.25, 0.3) is 0 Å². The molecule has 0 aromatic heterocycles. The summed E-state index contributed by atoms with van der Waals surface area (Å²) < 4.78 is 0.975. The van der Waals surface area contributed by atoms with Crippen molar-refractivity contribution in [2.24, 2.45) is 0 Å². The van der Waals surface area contributed by atoms with E-state index in [0.717, 1.165) is 45.8 Å². The Morgan fingerprint density at radius 2 is 2.00 bits per heavy atom. The second-order valence-electron chi connectivity index (χ2n) is 5.20. The van der Waals surface area contributed by atoms with E-state index in [0.29, 0.717) is 6.42 Å². The number of para-hydroxylation sites is 1. The molecule has 3 rings (SSSR count). The molecule has 2 aromatic carbocycles. The van der Waals surface area contributed by atoms with Crippen LogP contribution in [0.4, 0.5) is 5.69 Å². The van der Waals surface area contributed by atoms with Crippen LogP contribution in [0, 0.1) is 0 Å². The van der Waals surface area contributed by atoms with Crippen molar-refractivity contribution in [3.05, 3.63) is 63.1 Å². The molecule has 0 N–H and O–H groups in total. The van der Waals surface area contributed by atoms with Crippen molar-refractivity contribution in [1.29, 1.82) is 0 Å². The van der Waals surface area contributed by atoms with Gasteiger partial charge in [-0.1, -0.05) is 45.7 Å². The van der Waals surface area contributed by atoms with E-state index in [1.54, 1.807) is 0 Å². The average molecular weight is 365 g/mol. The Balaban J connectivity index is 1.95. The SMILES string of the molecule is O=C1CCCN(Cc2ccc(Br)cc2Cl)c2ccccc21. The molecule has 0 saturated heterocycles. The second-order valence-corrected chi connectivity index (χ2v) is 6.52. The number of benzene rings is 2. The van der Waals surface area contributed by atoms with E-state index in [1.807, 2.05) is 42.5 Å². The van der Waals surface area contributed by atoms with Crippen molar-refractivity contribution >= 4 is 39.0 Å². The van der Waals surface area contributed by atoms with Gasteiger partial charge >= 0.3 is 0 Å². The first-order valence-corrected chi connectivity index (χ1v) is 8.13. The van der Waals surface area contributed by atoms with E-state index in [9.17, 15) is 4.79 Å². The molecule has 2 aromatic rings. The molecule has 4 heteroatoms. The van der Waals surface area contributed by atoms with Crippen LogP contribution < -0.4 is 4.90 Å². The topological polar surface area (TPSA) is 20.3 Å². The van der Waals surface area contributed by atoms with Gasteiger partial charge in [-0.05, 0) is 36.2 Å². The summed E-state index contributed by atoms with van der Waals surface area (Å²) in [7, 11) is 0. The first kappa shape index (κ1) is 14.6. The normalized spacial score (nSPS) is 14.8. The molecule has 2 nitrogen and oxygen atoms in total. The fraction of sp³-hybridized carbons (Fsp3) is 0.235. The number of nitrogens with zero attached hydrogens (tertiary/aromatic N) is 1. The summed E-state index contributed by atoms with van der Waals surface area (Å²) in [6.07, 6.45) is 1.49. The van der Waals surface area contributed by atoms with Gasteiger partial charge in [0.2, 0.25) is 0 Å². The summed E-state index contributed by atoms with van der Waals surface area (Å²) in [5, 5.41) is 0.748. The van der Waals surface area contributed by atoms with Crippen LogP contribution in [0.5, 0.6) is 0 Å². The zero-order chi connectivity index (χ0) is 14.8. The van der Waals surface area contributed by atoms with Crippen LogP contribution in [0.25, 0.3) is 0 Å². The van der Waals surface area contributed by atoms with Gasteiger partial charge in [-0.25, -0.2) is 0 Å². The van der Waals surface area contributed by atoms with Crippen LogP contribution in [0.3, 0.4) is 0 Å². The molecule has 0 saturated carbocycles. The Hall–Kier alpha value is -1.32. The van der Waals surface area contributed by atoms with Gasteiger partial charge in [-0.3, -0.25) is 4.79 Å². The molecule has 0 radical (unpaired) electrons. The van der Waals surface area contributed by atoms with Gasteiger partial charge in [-0.15, -0.1) is 0 Å². The first-order chi connectivity index (χ1) is 10.1. The lowest BCUT2D eigenvalue weighted by Gasteiger charge is -2.25. The quantitative estimate of drug-likeness (QED) is 0.740. The lowest BCUT2D eigenvalue weighted by Crippen LogP contribution is -2.23. The van der Waals surface area contributed by atoms with Crippen LogP contribution in [0.2, 0.25) is 5.02 Å². The first-order valence-electron chi connectivity index (χ1n) is 6.96. The molecule has 1 aliphatic heterocycles. The largest absolute Gasteiger partial charge is 0.367 e. The molecule has 0 aliphatic carbocycles. The molecule has 108 valence electrons. The Morgan fingerprint density at radius 1 is 1.19 bits per heavy atom. The minimum absolute atomic E-state index is 0.231. The van der Waals surface area contributed by atoms with E-state index >= 15 is 0 Å². The number of Topliss-reactive ketones (excluding diaryl/α,β-unsaturated/α-hetero) is 1. The van der Waals surface area contributed by atoms with E-state index in [2.05, 4.69) is 20.8 Å². The molecule has 1 aliphatic rings. The number of rotatable bonds is 2. The van der Waals surface area contributed by atoms with Crippen molar-refractivity contribution in [1.82, 2.24) is 0 Å². The highest BCUT2D eigenvalue weighted by molar-refractivity contribution is 9.10. The van der Waals surface area contributed by atoms with Crippen LogP contribution >= 0.6 is 27.5 Å². The second kappa shape index (κ2) is 6.20. The van der Waals surface area contributed by atoms with Crippen molar-refractivity contribution in [3.8, 4) is 0 Å². The third-order valence-electron chi connectivity index (χ3n) is 3.75. The molecular weight excluding hydrogens is 350 g/mol. The third kappa shape index (κ3) is 3.14. The highest BCUT2D eigenvalue weighted by Gasteiger charge is 2.20. The average Bonchev–Trinajstić information content (AvgIpc) is 2.63. The smallest absolute Gasteiger partial charge is 0.165 e. The number of ketones is 1. The van der Waals surface area contributed by atoms with Crippen LogP contribution in [0.15, 0.2) is 46.9 Å². The zero-order valence-corrected chi connectivity index (χ0v) is 13.8. The number of hydrogen-bond acceptors (Lipinski definition) is 2. The minimum atomic E-state index is 0.231. The predicted molar refractivity (Wildman–Crippen MR) is 90.2 cm³/mol. The molecule has 1 heterocycles. The molecule has 0 atom stereocenters. The number of anilines is 1. The summed E-state index contributed by atoms with van der Waals surface area (Å²) in [4.78, 5) is 14.4. The summed E-state index contributed by atoms with van der Waals surface area (Å²) >= 11 is 9.75. The van der Waals surface area contributed by atoms with Gasteiger partial charge in [0.1, 0.15) is 0 Å². The monoisotopic (exact) mass is 363 g/mol. The van der Waals surface area contributed by atoms with Crippen molar-refractivity contribution in [2.75, 3.05) is 11.4 Å². The van der Waals surface area contributed by atoms with Crippen molar-refractivity contribution < 1.29 is 4.79 Å². The molecular formula is C17H15BrClNO. The van der Waals surface area contributed by atoms with Crippen molar-refractivity contribution in [3.63, 3.8) is 0 Å². The predicted octanol–water partition coefficient (Wildman–Crippen LogP) is 5.09. The van der Waals surface area contributed by atoms with E-state index < -0.39 is 0 Å². The standard InChI is InChI=1S/C17H15BrClNO/c18-13-8-7-12(15(19)10-13)11-20-9-3-6-17(21)14-4-1-2-5-16(14)20/h1-2,4-5,7-8,10H,3,6,9,11H2. The summed E-state index contributed by atoms with van der Waals surface area (Å²) in [6, 6.07) is 13.8. The molecule has 0 bridgehead atoms. The summed E-state index contributed by atoms with van der Waals surface area (Å²) in [5.74, 6) is 0.231. The lowest BCUT2D eigenvalue weighted by atomic mass is 10.1. The van der Waals surface area contributed by atoms with Gasteiger partial charge < -0.3 is 4.90 Å². The summed E-state index contributed by atoms with van der Waals surface area (Å²) in [5.41, 5.74) is 2.91. The Kier molecular flexibility index (Phi) is 4.32.